The van der Waals surface area contributed by atoms with E-state index in [1.165, 1.54) is 23.1 Å². The van der Waals surface area contributed by atoms with Gasteiger partial charge in [-0.3, -0.25) is 0 Å². The summed E-state index contributed by atoms with van der Waals surface area (Å²) in [5, 5.41) is 3.29. The minimum absolute atomic E-state index is 0.864. The van der Waals surface area contributed by atoms with Gasteiger partial charge in [0, 0.05) is 17.4 Å². The van der Waals surface area contributed by atoms with Crippen molar-refractivity contribution >= 4 is 11.3 Å². The van der Waals surface area contributed by atoms with E-state index < -0.39 is 0 Å². The lowest BCUT2D eigenvalue weighted by molar-refractivity contribution is 0.414. The van der Waals surface area contributed by atoms with Crippen molar-refractivity contribution < 1.29 is 4.74 Å². The second kappa shape index (κ2) is 7.42. The Kier molecular flexibility index (Phi) is 5.09. The van der Waals surface area contributed by atoms with Gasteiger partial charge in [0.15, 0.2) is 0 Å². The molecular formula is C20H21NOS. The first-order chi connectivity index (χ1) is 11.3. The molecule has 0 fully saturated rings. The largest absolute Gasteiger partial charge is 0.497 e. The lowest BCUT2D eigenvalue weighted by Gasteiger charge is -2.02. The first-order valence-corrected chi connectivity index (χ1v) is 8.83. The van der Waals surface area contributed by atoms with E-state index in [1.54, 1.807) is 18.4 Å². The molecule has 0 radical (unpaired) electrons. The molecule has 0 aliphatic carbocycles. The average Bonchev–Trinajstić information content (AvgIpc) is 3.05. The molecule has 3 rings (SSSR count). The van der Waals surface area contributed by atoms with Crippen molar-refractivity contribution in [3.8, 4) is 17.0 Å². The third-order valence-electron chi connectivity index (χ3n) is 3.85. The van der Waals surface area contributed by atoms with E-state index in [0.717, 1.165) is 29.3 Å². The molecule has 0 saturated carbocycles. The number of rotatable bonds is 6. The zero-order valence-electron chi connectivity index (χ0n) is 13.6. The molecule has 23 heavy (non-hydrogen) atoms. The van der Waals surface area contributed by atoms with Gasteiger partial charge in [0.2, 0.25) is 0 Å². The Morgan fingerprint density at radius 3 is 2.30 bits per heavy atom. The quantitative estimate of drug-likeness (QED) is 0.609. The van der Waals surface area contributed by atoms with E-state index in [2.05, 4.69) is 48.7 Å². The predicted octanol–water partition coefficient (Wildman–Crippen LogP) is 5.36. The van der Waals surface area contributed by atoms with Gasteiger partial charge in [-0.15, -0.1) is 11.3 Å². The highest BCUT2D eigenvalue weighted by molar-refractivity contribution is 7.10. The van der Waals surface area contributed by atoms with Gasteiger partial charge in [-0.25, -0.2) is 4.98 Å². The fraction of sp³-hybridized carbons (Fsp3) is 0.250. The molecule has 0 aliphatic rings. The van der Waals surface area contributed by atoms with Crippen LogP contribution in [0.2, 0.25) is 0 Å². The van der Waals surface area contributed by atoms with Crippen molar-refractivity contribution in [1.29, 1.82) is 0 Å². The van der Waals surface area contributed by atoms with Gasteiger partial charge in [-0.1, -0.05) is 49.7 Å². The van der Waals surface area contributed by atoms with E-state index >= 15 is 0 Å². The van der Waals surface area contributed by atoms with Gasteiger partial charge >= 0.3 is 0 Å². The van der Waals surface area contributed by atoms with Crippen LogP contribution in [0.3, 0.4) is 0 Å². The zero-order chi connectivity index (χ0) is 16.1. The summed E-state index contributed by atoms with van der Waals surface area (Å²) in [5.41, 5.74) is 4.92. The maximum Gasteiger partial charge on any atom is 0.118 e. The molecule has 0 amide bonds. The fourth-order valence-electron chi connectivity index (χ4n) is 2.57. The molecule has 0 N–H and O–H groups in total. The number of thiazole rings is 1. The van der Waals surface area contributed by atoms with Crippen LogP contribution in [0.1, 0.15) is 29.5 Å². The summed E-state index contributed by atoms with van der Waals surface area (Å²) in [6, 6.07) is 17.0. The minimum atomic E-state index is 0.864. The zero-order valence-corrected chi connectivity index (χ0v) is 14.4. The van der Waals surface area contributed by atoms with Crippen molar-refractivity contribution in [2.24, 2.45) is 0 Å². The van der Waals surface area contributed by atoms with Crippen molar-refractivity contribution in [2.75, 3.05) is 7.11 Å². The topological polar surface area (TPSA) is 22.1 Å². The molecule has 118 valence electrons. The third kappa shape index (κ3) is 3.99. The SMILES string of the molecule is CCCc1ccc(-c2csc(Cc3ccc(OC)cc3)n2)cc1. The van der Waals surface area contributed by atoms with Crippen LogP contribution in [0, 0.1) is 0 Å². The fourth-order valence-corrected chi connectivity index (χ4v) is 3.41. The van der Waals surface area contributed by atoms with E-state index in [0.29, 0.717) is 0 Å². The molecule has 1 heterocycles. The third-order valence-corrected chi connectivity index (χ3v) is 4.70. The Bertz CT molecular complexity index is 744. The highest BCUT2D eigenvalue weighted by Crippen LogP contribution is 2.24. The standard InChI is InChI=1S/C20H21NOS/c1-3-4-15-5-9-17(10-6-15)19-14-23-20(21-19)13-16-7-11-18(22-2)12-8-16/h5-12,14H,3-4,13H2,1-2H3. The van der Waals surface area contributed by atoms with Gasteiger partial charge in [0.25, 0.3) is 0 Å². The van der Waals surface area contributed by atoms with E-state index in [1.807, 2.05) is 12.1 Å². The Balaban J connectivity index is 1.71. The maximum atomic E-state index is 5.20. The second-order valence-electron chi connectivity index (χ2n) is 5.60. The number of nitrogens with zero attached hydrogens (tertiary/aromatic N) is 1. The minimum Gasteiger partial charge on any atom is -0.497 e. The number of benzene rings is 2. The van der Waals surface area contributed by atoms with Crippen LogP contribution in [-0.4, -0.2) is 12.1 Å². The van der Waals surface area contributed by atoms with Crippen molar-refractivity contribution in [2.45, 2.75) is 26.2 Å². The summed E-state index contributed by atoms with van der Waals surface area (Å²) in [6.07, 6.45) is 3.19. The summed E-state index contributed by atoms with van der Waals surface area (Å²) in [4.78, 5) is 4.78. The molecule has 0 spiro atoms. The van der Waals surface area contributed by atoms with Gasteiger partial charge < -0.3 is 4.74 Å². The molecular weight excluding hydrogens is 302 g/mol. The lowest BCUT2D eigenvalue weighted by Crippen LogP contribution is -1.89. The van der Waals surface area contributed by atoms with Crippen LogP contribution in [0.25, 0.3) is 11.3 Å². The molecule has 2 nitrogen and oxygen atoms in total. The van der Waals surface area contributed by atoms with Crippen molar-refractivity contribution in [3.63, 3.8) is 0 Å². The lowest BCUT2D eigenvalue weighted by atomic mass is 10.1. The number of hydrogen-bond acceptors (Lipinski definition) is 3. The predicted molar refractivity (Wildman–Crippen MR) is 97.3 cm³/mol. The number of methoxy groups -OCH3 is 1. The number of hydrogen-bond donors (Lipinski definition) is 0. The van der Waals surface area contributed by atoms with E-state index in [4.69, 9.17) is 9.72 Å². The van der Waals surface area contributed by atoms with E-state index in [-0.39, 0.29) is 0 Å². The number of aryl methyl sites for hydroxylation is 1. The van der Waals surface area contributed by atoms with Crippen LogP contribution in [0.4, 0.5) is 0 Å². The second-order valence-corrected chi connectivity index (χ2v) is 6.54. The number of aromatic nitrogens is 1. The Morgan fingerprint density at radius 1 is 0.957 bits per heavy atom. The van der Waals surface area contributed by atoms with Crippen LogP contribution in [0.15, 0.2) is 53.9 Å². The molecule has 0 atom stereocenters. The van der Waals surface area contributed by atoms with Gasteiger partial charge in [0.05, 0.1) is 17.8 Å². The van der Waals surface area contributed by atoms with E-state index in [9.17, 15) is 0 Å². The molecule has 0 unspecified atom stereocenters. The summed E-state index contributed by atoms with van der Waals surface area (Å²) in [6.45, 7) is 2.21. The molecule has 3 heteroatoms. The van der Waals surface area contributed by atoms with Crippen molar-refractivity contribution in [1.82, 2.24) is 4.98 Å². The summed E-state index contributed by atoms with van der Waals surface area (Å²) < 4.78 is 5.20. The molecule has 1 aromatic heterocycles. The molecule has 0 saturated heterocycles. The Hall–Kier alpha value is -2.13. The molecule has 2 aromatic carbocycles. The van der Waals surface area contributed by atoms with Crippen LogP contribution >= 0.6 is 11.3 Å². The average molecular weight is 323 g/mol. The molecule has 0 bridgehead atoms. The normalized spacial score (nSPS) is 10.7. The summed E-state index contributed by atoms with van der Waals surface area (Å²) in [5.74, 6) is 0.890. The smallest absolute Gasteiger partial charge is 0.118 e. The Labute approximate surface area is 141 Å². The van der Waals surface area contributed by atoms with Gasteiger partial charge in [-0.05, 0) is 29.7 Å². The van der Waals surface area contributed by atoms with Crippen molar-refractivity contribution in [3.05, 3.63) is 70.0 Å². The molecule has 0 aliphatic heterocycles. The van der Waals surface area contributed by atoms with Gasteiger partial charge in [0.1, 0.15) is 5.75 Å². The summed E-state index contributed by atoms with van der Waals surface area (Å²) in [7, 11) is 1.69. The van der Waals surface area contributed by atoms with Crippen LogP contribution in [-0.2, 0) is 12.8 Å². The molecule has 3 aromatic rings. The Morgan fingerprint density at radius 2 is 1.65 bits per heavy atom. The van der Waals surface area contributed by atoms with Crippen LogP contribution in [0.5, 0.6) is 5.75 Å². The first-order valence-electron chi connectivity index (χ1n) is 7.95. The first kappa shape index (κ1) is 15.8. The highest BCUT2D eigenvalue weighted by atomic mass is 32.1. The van der Waals surface area contributed by atoms with Gasteiger partial charge in [-0.2, -0.15) is 0 Å². The summed E-state index contributed by atoms with van der Waals surface area (Å²) >= 11 is 1.72. The van der Waals surface area contributed by atoms with Crippen LogP contribution < -0.4 is 4.74 Å². The highest BCUT2D eigenvalue weighted by Gasteiger charge is 2.06. The maximum absolute atomic E-state index is 5.20. The monoisotopic (exact) mass is 323 g/mol. The number of ether oxygens (including phenoxy) is 1.